The fraction of sp³-hybridized carbons (Fsp3) is 0.308. The van der Waals surface area contributed by atoms with E-state index in [1.807, 2.05) is 0 Å². The molecule has 4 aromatic rings. The van der Waals surface area contributed by atoms with Gasteiger partial charge in [0.15, 0.2) is 15.1 Å². The van der Waals surface area contributed by atoms with E-state index in [4.69, 9.17) is 0 Å². The van der Waals surface area contributed by atoms with E-state index in [0.717, 1.165) is 29.6 Å². The van der Waals surface area contributed by atoms with Crippen molar-refractivity contribution in [2.75, 3.05) is 6.54 Å². The molecular formula is C26H25FN4O5S2. The van der Waals surface area contributed by atoms with Crippen LogP contribution in [0.3, 0.4) is 0 Å². The fourth-order valence-electron chi connectivity index (χ4n) is 4.06. The number of rotatable bonds is 8. The highest BCUT2D eigenvalue weighted by Gasteiger charge is 2.39. The number of nitrogens with one attached hydrogen (secondary N) is 3. The highest BCUT2D eigenvalue weighted by atomic mass is 32.2. The van der Waals surface area contributed by atoms with Crippen molar-refractivity contribution in [2.24, 2.45) is 0 Å². The predicted molar refractivity (Wildman–Crippen MR) is 144 cm³/mol. The summed E-state index contributed by atoms with van der Waals surface area (Å²) in [7, 11) is -4.02. The van der Waals surface area contributed by atoms with Gasteiger partial charge in [-0.15, -0.1) is 11.3 Å². The van der Waals surface area contributed by atoms with Crippen LogP contribution in [0.4, 0.5) is 4.39 Å². The monoisotopic (exact) mass is 556 g/mol. The van der Waals surface area contributed by atoms with E-state index < -0.39 is 38.0 Å². The van der Waals surface area contributed by atoms with Gasteiger partial charge >= 0.3 is 0 Å². The molecule has 12 heteroatoms. The summed E-state index contributed by atoms with van der Waals surface area (Å²) in [6, 6.07) is 11.0. The molecule has 1 fully saturated rings. The van der Waals surface area contributed by atoms with Gasteiger partial charge in [-0.1, -0.05) is 6.07 Å². The number of fused-ring (bicyclic) bond motifs is 2. The SMILES string of the molecule is CC(C)S(=O)(=O)C(C(=O)NCC(=O)NC1CC1)c1nc2cc(F)c(-c3ccc4[nH]c(=O)ccc4c3)cc2s1. The summed E-state index contributed by atoms with van der Waals surface area (Å²) in [5.41, 5.74) is 1.42. The van der Waals surface area contributed by atoms with Crippen LogP contribution in [0.25, 0.3) is 32.2 Å². The van der Waals surface area contributed by atoms with Crippen LogP contribution in [-0.4, -0.2) is 48.0 Å². The Morgan fingerprint density at radius 2 is 1.92 bits per heavy atom. The lowest BCUT2D eigenvalue weighted by Gasteiger charge is -2.17. The molecule has 2 aromatic carbocycles. The third kappa shape index (κ3) is 5.18. The number of hydrogen-bond donors (Lipinski definition) is 3. The highest BCUT2D eigenvalue weighted by Crippen LogP contribution is 2.36. The molecule has 1 aliphatic carbocycles. The van der Waals surface area contributed by atoms with Crippen LogP contribution in [0, 0.1) is 5.82 Å². The van der Waals surface area contributed by atoms with Crippen molar-refractivity contribution in [2.45, 2.75) is 43.2 Å². The number of amides is 2. The van der Waals surface area contributed by atoms with E-state index in [1.165, 1.54) is 26.0 Å². The smallest absolute Gasteiger partial charge is 0.248 e. The van der Waals surface area contributed by atoms with Crippen molar-refractivity contribution in [3.05, 3.63) is 63.6 Å². The van der Waals surface area contributed by atoms with Gasteiger partial charge in [-0.2, -0.15) is 0 Å². The normalized spacial score (nSPS) is 14.6. The lowest BCUT2D eigenvalue weighted by Crippen LogP contribution is -2.42. The summed E-state index contributed by atoms with van der Waals surface area (Å²) in [5.74, 6) is -1.81. The zero-order valence-electron chi connectivity index (χ0n) is 20.6. The molecule has 0 spiro atoms. The maximum atomic E-state index is 15.2. The molecule has 2 amide bonds. The number of carbonyl (C=O) groups excluding carboxylic acids is 2. The molecule has 1 saturated carbocycles. The Morgan fingerprint density at radius 1 is 1.16 bits per heavy atom. The number of aromatic amines is 1. The predicted octanol–water partition coefficient (Wildman–Crippen LogP) is 3.20. The number of sulfone groups is 1. The van der Waals surface area contributed by atoms with Gasteiger partial charge in [0.1, 0.15) is 10.8 Å². The number of aromatic nitrogens is 2. The molecule has 38 heavy (non-hydrogen) atoms. The van der Waals surface area contributed by atoms with Gasteiger partial charge in [0, 0.05) is 29.3 Å². The first-order valence-corrected chi connectivity index (χ1v) is 14.5. The molecule has 5 rings (SSSR count). The molecule has 1 atom stereocenters. The molecule has 9 nitrogen and oxygen atoms in total. The molecule has 1 aliphatic rings. The van der Waals surface area contributed by atoms with E-state index in [1.54, 1.807) is 30.3 Å². The minimum absolute atomic E-state index is 0.00133. The van der Waals surface area contributed by atoms with E-state index in [2.05, 4.69) is 20.6 Å². The van der Waals surface area contributed by atoms with Crippen molar-refractivity contribution < 1.29 is 22.4 Å². The van der Waals surface area contributed by atoms with Gasteiger partial charge in [0.2, 0.25) is 17.4 Å². The Labute approximate surface area is 221 Å². The summed E-state index contributed by atoms with van der Waals surface area (Å²) < 4.78 is 42.1. The first-order valence-electron chi connectivity index (χ1n) is 12.1. The topological polar surface area (TPSA) is 138 Å². The second kappa shape index (κ2) is 9.91. The van der Waals surface area contributed by atoms with E-state index in [9.17, 15) is 22.8 Å². The van der Waals surface area contributed by atoms with Crippen LogP contribution in [0.2, 0.25) is 0 Å². The minimum Gasteiger partial charge on any atom is -0.352 e. The van der Waals surface area contributed by atoms with Gasteiger partial charge in [-0.3, -0.25) is 14.4 Å². The molecule has 0 aliphatic heterocycles. The summed E-state index contributed by atoms with van der Waals surface area (Å²) in [6.45, 7) is 2.58. The van der Waals surface area contributed by atoms with Gasteiger partial charge in [0.25, 0.3) is 0 Å². The average molecular weight is 557 g/mol. The van der Waals surface area contributed by atoms with Gasteiger partial charge in [-0.25, -0.2) is 17.8 Å². The fourth-order valence-corrected chi connectivity index (χ4v) is 6.84. The largest absolute Gasteiger partial charge is 0.352 e. The number of benzene rings is 2. The first-order chi connectivity index (χ1) is 18.0. The lowest BCUT2D eigenvalue weighted by molar-refractivity contribution is -0.126. The molecule has 1 unspecified atom stereocenters. The molecular weight excluding hydrogens is 531 g/mol. The number of nitrogens with zero attached hydrogens (tertiary/aromatic N) is 1. The van der Waals surface area contributed by atoms with Crippen LogP contribution in [0.5, 0.6) is 0 Å². The van der Waals surface area contributed by atoms with Crippen LogP contribution < -0.4 is 16.2 Å². The number of hydrogen-bond acceptors (Lipinski definition) is 7. The van der Waals surface area contributed by atoms with Crippen LogP contribution in [-0.2, 0) is 19.4 Å². The van der Waals surface area contributed by atoms with Crippen LogP contribution in [0.1, 0.15) is 36.9 Å². The van der Waals surface area contributed by atoms with Crippen molar-refractivity contribution in [3.8, 4) is 11.1 Å². The van der Waals surface area contributed by atoms with Gasteiger partial charge in [0.05, 0.1) is 22.0 Å². The Kier molecular flexibility index (Phi) is 6.78. The average Bonchev–Trinajstić information content (AvgIpc) is 3.58. The van der Waals surface area contributed by atoms with Gasteiger partial charge < -0.3 is 15.6 Å². The van der Waals surface area contributed by atoms with Gasteiger partial charge in [-0.05, 0) is 61.9 Å². The van der Waals surface area contributed by atoms with E-state index in [0.29, 0.717) is 15.8 Å². The lowest BCUT2D eigenvalue weighted by atomic mass is 10.0. The molecule has 2 heterocycles. The summed E-state index contributed by atoms with van der Waals surface area (Å²) in [6.07, 6.45) is 1.76. The second-order valence-corrected chi connectivity index (χ2v) is 13.2. The third-order valence-electron chi connectivity index (χ3n) is 6.34. The number of thiazole rings is 1. The standard InChI is InChI=1S/C26H25FN4O5S2/c1-13(2)38(35,36)24(25(34)28-12-23(33)29-16-5-6-16)26-31-20-11-18(27)17(10-21(20)37-26)14-3-7-19-15(9-14)4-8-22(32)30-19/h3-4,7-11,13,16,24H,5-6,12H2,1-2H3,(H,28,34)(H,29,33)(H,30,32). The van der Waals surface area contributed by atoms with Crippen LogP contribution in [0.15, 0.2) is 47.3 Å². The molecule has 198 valence electrons. The quantitative estimate of drug-likeness (QED) is 0.305. The maximum absolute atomic E-state index is 15.2. The van der Waals surface area contributed by atoms with Crippen molar-refractivity contribution in [1.29, 1.82) is 0 Å². The van der Waals surface area contributed by atoms with Crippen LogP contribution >= 0.6 is 11.3 Å². The molecule has 2 aromatic heterocycles. The molecule has 0 radical (unpaired) electrons. The summed E-state index contributed by atoms with van der Waals surface area (Å²) in [4.78, 5) is 43.7. The van der Waals surface area contributed by atoms with E-state index in [-0.39, 0.29) is 34.2 Å². The number of H-pyrrole nitrogens is 1. The zero-order chi connectivity index (χ0) is 27.2. The molecule has 0 saturated heterocycles. The van der Waals surface area contributed by atoms with E-state index >= 15 is 4.39 Å². The third-order valence-corrected chi connectivity index (χ3v) is 9.98. The maximum Gasteiger partial charge on any atom is 0.248 e. The Morgan fingerprint density at radius 3 is 2.63 bits per heavy atom. The molecule has 0 bridgehead atoms. The Bertz CT molecular complexity index is 1740. The van der Waals surface area contributed by atoms with Crippen molar-refractivity contribution in [3.63, 3.8) is 0 Å². The minimum atomic E-state index is -4.02. The first kappa shape index (κ1) is 26.0. The Hall–Kier alpha value is -3.64. The zero-order valence-corrected chi connectivity index (χ0v) is 22.2. The number of carbonyl (C=O) groups is 2. The number of pyridine rings is 1. The van der Waals surface area contributed by atoms with Crippen molar-refractivity contribution >= 4 is 54.1 Å². The highest BCUT2D eigenvalue weighted by molar-refractivity contribution is 7.93. The van der Waals surface area contributed by atoms with Crippen molar-refractivity contribution in [1.82, 2.24) is 20.6 Å². The summed E-state index contributed by atoms with van der Waals surface area (Å²) in [5, 5.41) is 3.36. The second-order valence-electron chi connectivity index (χ2n) is 9.55. The summed E-state index contributed by atoms with van der Waals surface area (Å²) >= 11 is 0.990. The molecule has 3 N–H and O–H groups in total. The Balaban J connectivity index is 1.50. The number of halogens is 1.